The molecule has 0 aliphatic heterocycles. The van der Waals surface area contributed by atoms with Crippen molar-refractivity contribution in [2.75, 3.05) is 27.8 Å². The minimum atomic E-state index is 0.202. The molecule has 1 atom stereocenters. The van der Waals surface area contributed by atoms with E-state index in [2.05, 4.69) is 101 Å². The van der Waals surface area contributed by atoms with E-state index in [9.17, 15) is 4.39 Å². The Balaban J connectivity index is 0.00000176. The Morgan fingerprint density at radius 3 is 2.15 bits per heavy atom. The lowest BCUT2D eigenvalue weighted by molar-refractivity contribution is 0.348. The van der Waals surface area contributed by atoms with Crippen molar-refractivity contribution in [1.29, 1.82) is 0 Å². The van der Waals surface area contributed by atoms with Crippen molar-refractivity contribution in [1.82, 2.24) is 10.2 Å². The summed E-state index contributed by atoms with van der Waals surface area (Å²) >= 11 is 1.85. The molecule has 0 heterocycles. The second kappa shape index (κ2) is 11.5. The molecule has 2 nitrogen and oxygen atoms in total. The van der Waals surface area contributed by atoms with Gasteiger partial charge in [-0.3, -0.25) is 4.39 Å². The number of nitrogens with one attached hydrogen (secondary N) is 1. The van der Waals surface area contributed by atoms with Crippen LogP contribution >= 0.6 is 11.8 Å². The molecule has 0 saturated heterocycles. The summed E-state index contributed by atoms with van der Waals surface area (Å²) in [7, 11) is 4.73. The van der Waals surface area contributed by atoms with Gasteiger partial charge < -0.3 is 10.2 Å². The van der Waals surface area contributed by atoms with Gasteiger partial charge in [0.25, 0.3) is 0 Å². The van der Waals surface area contributed by atoms with Crippen LogP contribution in [0.1, 0.15) is 38.8 Å². The lowest BCUT2D eigenvalue weighted by Gasteiger charge is -2.20. The number of alkyl halides is 1. The van der Waals surface area contributed by atoms with E-state index in [0.717, 1.165) is 13.1 Å². The van der Waals surface area contributed by atoms with Gasteiger partial charge in [0, 0.05) is 28.9 Å². The van der Waals surface area contributed by atoms with Gasteiger partial charge in [0.1, 0.15) is 0 Å². The fourth-order valence-electron chi connectivity index (χ4n) is 2.80. The molecule has 0 saturated carbocycles. The average Bonchev–Trinajstić information content (AvgIpc) is 2.62. The number of hydrogen-bond donors (Lipinski definition) is 1. The van der Waals surface area contributed by atoms with Gasteiger partial charge in [0.05, 0.1) is 7.18 Å². The molecule has 1 N–H and O–H groups in total. The van der Waals surface area contributed by atoms with Crippen LogP contribution in [0.5, 0.6) is 0 Å². The van der Waals surface area contributed by atoms with E-state index >= 15 is 0 Å². The summed E-state index contributed by atoms with van der Waals surface area (Å²) in [5.41, 5.74) is 2.94. The minimum absolute atomic E-state index is 0.202. The lowest BCUT2D eigenvalue weighted by atomic mass is 9.87. The minimum Gasteiger partial charge on any atom is -0.309 e. The maximum atomic E-state index is 9.50. The monoisotopic (exact) mass is 390 g/mol. The van der Waals surface area contributed by atoms with Crippen molar-refractivity contribution in [3.63, 3.8) is 0 Å². The molecular weight excluding hydrogens is 355 g/mol. The Hall–Kier alpha value is -1.36. The predicted molar refractivity (Wildman–Crippen MR) is 118 cm³/mol. The second-order valence-corrected chi connectivity index (χ2v) is 9.14. The topological polar surface area (TPSA) is 15.3 Å². The Morgan fingerprint density at radius 1 is 1.00 bits per heavy atom. The molecule has 2 aromatic rings. The van der Waals surface area contributed by atoms with Gasteiger partial charge in [0.2, 0.25) is 0 Å². The molecule has 0 radical (unpaired) electrons. The highest BCUT2D eigenvalue weighted by Gasteiger charge is 2.13. The summed E-state index contributed by atoms with van der Waals surface area (Å²) in [6.45, 7) is 10.9. The van der Waals surface area contributed by atoms with Crippen LogP contribution in [-0.2, 0) is 12.0 Å². The first-order valence-electron chi connectivity index (χ1n) is 9.38. The summed E-state index contributed by atoms with van der Waals surface area (Å²) in [4.78, 5) is 4.84. The molecule has 150 valence electrons. The number of halogens is 1. The van der Waals surface area contributed by atoms with Gasteiger partial charge in [-0.15, -0.1) is 0 Å². The summed E-state index contributed by atoms with van der Waals surface area (Å²) in [6.07, 6.45) is 0. The first-order valence-corrected chi connectivity index (χ1v) is 10.2. The van der Waals surface area contributed by atoms with Gasteiger partial charge in [-0.05, 0) is 55.8 Å². The zero-order valence-electron chi connectivity index (χ0n) is 17.8. The highest BCUT2D eigenvalue weighted by atomic mass is 32.2. The van der Waals surface area contributed by atoms with Gasteiger partial charge in [0.15, 0.2) is 0 Å². The Kier molecular flexibility index (Phi) is 10.1. The molecule has 0 aromatic heterocycles. The van der Waals surface area contributed by atoms with Crippen molar-refractivity contribution in [2.45, 2.75) is 55.5 Å². The van der Waals surface area contributed by atoms with Crippen LogP contribution < -0.4 is 5.32 Å². The zero-order valence-corrected chi connectivity index (χ0v) is 18.7. The maximum Gasteiger partial charge on any atom is 0.0785 e. The first-order chi connectivity index (χ1) is 12.8. The molecule has 0 bridgehead atoms. The molecule has 0 spiro atoms. The van der Waals surface area contributed by atoms with Crippen molar-refractivity contribution in [3.05, 3.63) is 59.7 Å². The fraction of sp³-hybridized carbons (Fsp3) is 0.478. The molecule has 2 rings (SSSR count). The number of rotatable bonds is 7. The van der Waals surface area contributed by atoms with E-state index in [4.69, 9.17) is 0 Å². The molecule has 0 fully saturated rings. The summed E-state index contributed by atoms with van der Waals surface area (Å²) in [6, 6.07) is 18.1. The second-order valence-electron chi connectivity index (χ2n) is 8.03. The summed E-state index contributed by atoms with van der Waals surface area (Å²) < 4.78 is 9.50. The third-order valence-electron chi connectivity index (χ3n) is 4.20. The highest BCUT2D eigenvalue weighted by Crippen LogP contribution is 2.32. The molecule has 4 heteroatoms. The molecular formula is C23H35FN2S. The average molecular weight is 391 g/mol. The van der Waals surface area contributed by atoms with E-state index in [0.29, 0.717) is 13.2 Å². The van der Waals surface area contributed by atoms with Gasteiger partial charge >= 0.3 is 0 Å². The van der Waals surface area contributed by atoms with E-state index in [1.54, 1.807) is 0 Å². The van der Waals surface area contributed by atoms with Gasteiger partial charge in [-0.25, -0.2) is 0 Å². The van der Waals surface area contributed by atoms with E-state index in [-0.39, 0.29) is 5.41 Å². The van der Waals surface area contributed by atoms with Crippen LogP contribution in [0.15, 0.2) is 58.3 Å². The smallest absolute Gasteiger partial charge is 0.0785 e. The zero-order chi connectivity index (χ0) is 20.4. The molecule has 0 aliphatic rings. The maximum absolute atomic E-state index is 9.50. The molecule has 27 heavy (non-hydrogen) atoms. The van der Waals surface area contributed by atoms with Crippen molar-refractivity contribution in [2.24, 2.45) is 0 Å². The normalized spacial score (nSPS) is 12.5. The van der Waals surface area contributed by atoms with Crippen LogP contribution in [0, 0.1) is 0 Å². The van der Waals surface area contributed by atoms with Crippen LogP contribution in [-0.4, -0.2) is 38.8 Å². The summed E-state index contributed by atoms with van der Waals surface area (Å²) in [5.74, 6) is 0. The molecule has 0 aliphatic carbocycles. The van der Waals surface area contributed by atoms with Crippen molar-refractivity contribution >= 4 is 11.8 Å². The van der Waals surface area contributed by atoms with Crippen LogP contribution in [0.3, 0.4) is 0 Å². The number of likely N-dealkylation sites (N-methyl/N-ethyl adjacent to an activating group) is 1. The first kappa shape index (κ1) is 23.7. The largest absolute Gasteiger partial charge is 0.309 e. The van der Waals surface area contributed by atoms with E-state index in [1.165, 1.54) is 20.9 Å². The van der Waals surface area contributed by atoms with Crippen LogP contribution in [0.2, 0.25) is 0 Å². The Labute approximate surface area is 169 Å². The third-order valence-corrected chi connectivity index (χ3v) is 5.33. The third kappa shape index (κ3) is 8.46. The van der Waals surface area contributed by atoms with Crippen LogP contribution in [0.4, 0.5) is 4.39 Å². The quantitative estimate of drug-likeness (QED) is 0.647. The summed E-state index contributed by atoms with van der Waals surface area (Å²) in [5, 5.41) is 3.63. The number of hydrogen-bond acceptors (Lipinski definition) is 3. The lowest BCUT2D eigenvalue weighted by Crippen LogP contribution is -2.35. The van der Waals surface area contributed by atoms with Gasteiger partial charge in [-0.2, -0.15) is 0 Å². The van der Waals surface area contributed by atoms with E-state index < -0.39 is 0 Å². The SMILES string of the molecule is CC(CN(C)C)NCc1ccccc1Sc1ccc(C(C)(C)C)cc1.CF. The molecule has 0 amide bonds. The highest BCUT2D eigenvalue weighted by molar-refractivity contribution is 7.99. The van der Waals surface area contributed by atoms with Crippen molar-refractivity contribution in [3.8, 4) is 0 Å². The Morgan fingerprint density at radius 2 is 1.59 bits per heavy atom. The fourth-order valence-corrected chi connectivity index (χ4v) is 3.74. The number of nitrogens with zero attached hydrogens (tertiary/aromatic N) is 1. The standard InChI is InChI=1S/C22H32N2S.CH3F/c1-17(16-24(5)6)23-15-18-9-7-8-10-21(18)25-20-13-11-19(12-14-20)22(2,3)4;1-2/h7-14,17,23H,15-16H2,1-6H3;1H3. The van der Waals surface area contributed by atoms with Crippen molar-refractivity contribution < 1.29 is 4.39 Å². The number of benzene rings is 2. The van der Waals surface area contributed by atoms with Crippen LogP contribution in [0.25, 0.3) is 0 Å². The Bertz CT molecular complexity index is 663. The van der Waals surface area contributed by atoms with E-state index in [1.807, 2.05) is 11.8 Å². The predicted octanol–water partition coefficient (Wildman–Crippen LogP) is 5.76. The molecule has 2 aromatic carbocycles. The van der Waals surface area contributed by atoms with Gasteiger partial charge in [-0.1, -0.05) is 62.9 Å². The molecule has 1 unspecified atom stereocenters.